The standard InChI is InChI=1S/C10H4ClF3N2O2/c11-7-3-8(17)16(10(18)15-7)9-5(13)1-4(12)2-6(9)14/h1-3H,(H,15,18). The predicted octanol–water partition coefficient (Wildman–Crippen LogP) is 1.60. The third-order valence-electron chi connectivity index (χ3n) is 2.11. The highest BCUT2D eigenvalue weighted by Crippen LogP contribution is 2.16. The van der Waals surface area contributed by atoms with Gasteiger partial charge in [0.1, 0.15) is 16.7 Å². The minimum absolute atomic E-state index is 0.190. The molecule has 4 nitrogen and oxygen atoms in total. The first-order valence-electron chi connectivity index (χ1n) is 4.57. The molecule has 0 amide bonds. The average molecular weight is 277 g/mol. The van der Waals surface area contributed by atoms with Crippen molar-refractivity contribution in [2.75, 3.05) is 0 Å². The SMILES string of the molecule is O=c1cc(Cl)[nH]c(=O)n1-c1c(F)cc(F)cc1F. The average Bonchev–Trinajstić information content (AvgIpc) is 2.20. The number of rotatable bonds is 1. The van der Waals surface area contributed by atoms with Crippen molar-refractivity contribution < 1.29 is 13.2 Å². The molecular weight excluding hydrogens is 273 g/mol. The van der Waals surface area contributed by atoms with E-state index in [1.54, 1.807) is 0 Å². The number of hydrogen-bond acceptors (Lipinski definition) is 2. The van der Waals surface area contributed by atoms with Crippen molar-refractivity contribution >= 4 is 11.6 Å². The van der Waals surface area contributed by atoms with Crippen molar-refractivity contribution in [1.29, 1.82) is 0 Å². The van der Waals surface area contributed by atoms with Crippen LogP contribution in [0.15, 0.2) is 27.8 Å². The molecule has 0 radical (unpaired) electrons. The molecule has 0 aliphatic rings. The fraction of sp³-hybridized carbons (Fsp3) is 0. The van der Waals surface area contributed by atoms with Crippen molar-refractivity contribution in [3.8, 4) is 5.69 Å². The second kappa shape index (κ2) is 4.34. The molecule has 0 fully saturated rings. The number of H-pyrrole nitrogens is 1. The second-order valence-electron chi connectivity index (χ2n) is 3.31. The maximum Gasteiger partial charge on any atom is 0.334 e. The largest absolute Gasteiger partial charge is 0.334 e. The first kappa shape index (κ1) is 12.4. The minimum Gasteiger partial charge on any atom is -0.297 e. The Hall–Kier alpha value is -2.02. The molecule has 2 rings (SSSR count). The van der Waals surface area contributed by atoms with Crippen LogP contribution >= 0.6 is 11.6 Å². The third kappa shape index (κ3) is 2.04. The molecular formula is C10H4ClF3N2O2. The molecule has 1 aromatic heterocycles. The summed E-state index contributed by atoms with van der Waals surface area (Å²) in [5.41, 5.74) is -3.12. The summed E-state index contributed by atoms with van der Waals surface area (Å²) < 4.78 is 39.8. The summed E-state index contributed by atoms with van der Waals surface area (Å²) in [6.07, 6.45) is 0. The van der Waals surface area contributed by atoms with Gasteiger partial charge in [-0.15, -0.1) is 0 Å². The van der Waals surface area contributed by atoms with Gasteiger partial charge in [0.25, 0.3) is 5.56 Å². The van der Waals surface area contributed by atoms with Crippen molar-refractivity contribution in [3.05, 3.63) is 61.6 Å². The molecule has 0 bridgehead atoms. The maximum absolute atomic E-state index is 13.4. The Labute approximate surface area is 102 Å². The summed E-state index contributed by atoms with van der Waals surface area (Å²) in [7, 11) is 0. The van der Waals surface area contributed by atoms with E-state index >= 15 is 0 Å². The Morgan fingerprint density at radius 1 is 1.06 bits per heavy atom. The monoisotopic (exact) mass is 276 g/mol. The number of aromatic nitrogens is 2. The Balaban J connectivity index is 2.87. The van der Waals surface area contributed by atoms with Gasteiger partial charge in [0, 0.05) is 18.2 Å². The molecule has 0 atom stereocenters. The molecule has 0 aliphatic carbocycles. The molecule has 1 N–H and O–H groups in total. The zero-order valence-electron chi connectivity index (χ0n) is 8.51. The first-order valence-corrected chi connectivity index (χ1v) is 4.95. The molecule has 0 saturated heterocycles. The lowest BCUT2D eigenvalue weighted by Crippen LogP contribution is -2.34. The van der Waals surface area contributed by atoms with Gasteiger partial charge in [-0.3, -0.25) is 9.78 Å². The van der Waals surface area contributed by atoms with Crippen molar-refractivity contribution in [1.82, 2.24) is 9.55 Å². The summed E-state index contributed by atoms with van der Waals surface area (Å²) in [4.78, 5) is 24.9. The molecule has 0 aliphatic heterocycles. The fourth-order valence-electron chi connectivity index (χ4n) is 1.43. The molecule has 1 heterocycles. The van der Waals surface area contributed by atoms with Crippen LogP contribution in [-0.4, -0.2) is 9.55 Å². The summed E-state index contributed by atoms with van der Waals surface area (Å²) in [6.45, 7) is 0. The normalized spacial score (nSPS) is 10.7. The fourth-order valence-corrected chi connectivity index (χ4v) is 1.60. The third-order valence-corrected chi connectivity index (χ3v) is 2.31. The minimum atomic E-state index is -1.37. The maximum atomic E-state index is 13.4. The van der Waals surface area contributed by atoms with Gasteiger partial charge < -0.3 is 0 Å². The molecule has 18 heavy (non-hydrogen) atoms. The molecule has 0 unspecified atom stereocenters. The van der Waals surface area contributed by atoms with Gasteiger partial charge >= 0.3 is 5.69 Å². The zero-order chi connectivity index (χ0) is 13.4. The van der Waals surface area contributed by atoms with Gasteiger partial charge in [0.2, 0.25) is 0 Å². The lowest BCUT2D eigenvalue weighted by atomic mass is 10.2. The summed E-state index contributed by atoms with van der Waals surface area (Å²) in [5.74, 6) is -3.91. The van der Waals surface area contributed by atoms with E-state index < -0.39 is 34.4 Å². The highest BCUT2D eigenvalue weighted by atomic mass is 35.5. The van der Waals surface area contributed by atoms with Gasteiger partial charge in [0.15, 0.2) is 11.6 Å². The number of nitrogens with zero attached hydrogens (tertiary/aromatic N) is 1. The molecule has 8 heteroatoms. The Kier molecular flexibility index (Phi) is 3.00. The number of hydrogen-bond donors (Lipinski definition) is 1. The van der Waals surface area contributed by atoms with E-state index in [0.717, 1.165) is 6.07 Å². The van der Waals surface area contributed by atoms with Crippen LogP contribution in [-0.2, 0) is 0 Å². The topological polar surface area (TPSA) is 54.9 Å². The number of aromatic amines is 1. The van der Waals surface area contributed by atoms with Crippen LogP contribution in [0, 0.1) is 17.5 Å². The molecule has 2 aromatic rings. The van der Waals surface area contributed by atoms with Crippen LogP contribution in [0.4, 0.5) is 13.2 Å². The number of halogens is 4. The second-order valence-corrected chi connectivity index (χ2v) is 3.72. The van der Waals surface area contributed by atoms with Gasteiger partial charge in [-0.2, -0.15) is 0 Å². The first-order chi connectivity index (χ1) is 8.40. The van der Waals surface area contributed by atoms with E-state index in [2.05, 4.69) is 0 Å². The highest BCUT2D eigenvalue weighted by molar-refractivity contribution is 6.29. The number of nitrogens with one attached hydrogen (secondary N) is 1. The lowest BCUT2D eigenvalue weighted by Gasteiger charge is -2.07. The van der Waals surface area contributed by atoms with Crippen molar-refractivity contribution in [2.24, 2.45) is 0 Å². The lowest BCUT2D eigenvalue weighted by molar-refractivity contribution is 0.529. The van der Waals surface area contributed by atoms with Crippen LogP contribution in [0.25, 0.3) is 5.69 Å². The van der Waals surface area contributed by atoms with E-state index in [1.165, 1.54) is 0 Å². The van der Waals surface area contributed by atoms with Crippen LogP contribution in [0.5, 0.6) is 0 Å². The van der Waals surface area contributed by atoms with E-state index in [-0.39, 0.29) is 9.72 Å². The molecule has 0 saturated carbocycles. The van der Waals surface area contributed by atoms with E-state index in [0.29, 0.717) is 12.1 Å². The van der Waals surface area contributed by atoms with Gasteiger partial charge in [-0.1, -0.05) is 11.6 Å². The molecule has 94 valence electrons. The van der Waals surface area contributed by atoms with Crippen LogP contribution < -0.4 is 11.2 Å². The Bertz CT molecular complexity index is 684. The van der Waals surface area contributed by atoms with E-state index in [1.807, 2.05) is 4.98 Å². The summed E-state index contributed by atoms with van der Waals surface area (Å²) in [5, 5.41) is -0.274. The smallest absolute Gasteiger partial charge is 0.297 e. The zero-order valence-corrected chi connectivity index (χ0v) is 9.26. The van der Waals surface area contributed by atoms with Crippen LogP contribution in [0.1, 0.15) is 0 Å². The van der Waals surface area contributed by atoms with Gasteiger partial charge in [-0.25, -0.2) is 22.5 Å². The van der Waals surface area contributed by atoms with E-state index in [4.69, 9.17) is 11.6 Å². The van der Waals surface area contributed by atoms with Gasteiger partial charge in [0.05, 0.1) is 0 Å². The predicted molar refractivity (Wildman–Crippen MR) is 57.5 cm³/mol. The Morgan fingerprint density at radius 3 is 2.11 bits per heavy atom. The van der Waals surface area contributed by atoms with Crippen LogP contribution in [0.2, 0.25) is 5.15 Å². The highest BCUT2D eigenvalue weighted by Gasteiger charge is 2.17. The summed E-state index contributed by atoms with van der Waals surface area (Å²) >= 11 is 5.40. The number of benzene rings is 1. The Morgan fingerprint density at radius 2 is 1.61 bits per heavy atom. The quantitative estimate of drug-likeness (QED) is 0.804. The van der Waals surface area contributed by atoms with Gasteiger partial charge in [-0.05, 0) is 0 Å². The summed E-state index contributed by atoms with van der Waals surface area (Å²) in [6, 6.07) is 1.49. The molecule has 1 aromatic carbocycles. The molecule has 0 spiro atoms. The van der Waals surface area contributed by atoms with Crippen LogP contribution in [0.3, 0.4) is 0 Å². The van der Waals surface area contributed by atoms with Crippen molar-refractivity contribution in [3.63, 3.8) is 0 Å². The van der Waals surface area contributed by atoms with Crippen molar-refractivity contribution in [2.45, 2.75) is 0 Å². The van der Waals surface area contributed by atoms with E-state index in [9.17, 15) is 22.8 Å².